The van der Waals surface area contributed by atoms with Crippen molar-refractivity contribution < 1.29 is 0 Å². The molecule has 0 radical (unpaired) electrons. The Balaban J connectivity index is 1.31. The van der Waals surface area contributed by atoms with Gasteiger partial charge in [0, 0.05) is 21.7 Å². The summed E-state index contributed by atoms with van der Waals surface area (Å²) in [5.41, 5.74) is 5.62. The maximum Gasteiger partial charge on any atom is 0.169 e. The first-order chi connectivity index (χ1) is 18.3. The van der Waals surface area contributed by atoms with Crippen molar-refractivity contribution in [3.05, 3.63) is 144 Å². The molecule has 2 heterocycles. The first-order valence-electron chi connectivity index (χ1n) is 12.4. The average Bonchev–Trinajstić information content (AvgIpc) is 3.43. The van der Waals surface area contributed by atoms with Crippen molar-refractivity contribution in [3.63, 3.8) is 0 Å². The van der Waals surface area contributed by atoms with Gasteiger partial charge in [0.2, 0.25) is 0 Å². The van der Waals surface area contributed by atoms with Crippen molar-refractivity contribution in [2.24, 2.45) is 9.98 Å². The molecule has 0 saturated carbocycles. The summed E-state index contributed by atoms with van der Waals surface area (Å²) in [5, 5.41) is 9.83. The van der Waals surface area contributed by atoms with E-state index in [2.05, 4.69) is 95.6 Å². The summed E-state index contributed by atoms with van der Waals surface area (Å²) in [5.74, 6) is 1.66. The van der Waals surface area contributed by atoms with Crippen molar-refractivity contribution in [2.45, 2.75) is 16.4 Å². The first-order valence-corrected chi connectivity index (χ1v) is 13.3. The molecule has 0 saturated heterocycles. The molecule has 178 valence electrons. The molecule has 5 aromatic rings. The van der Waals surface area contributed by atoms with E-state index < -0.39 is 0 Å². The van der Waals surface area contributed by atoms with Gasteiger partial charge in [-0.15, -0.1) is 0 Å². The molecule has 0 aromatic heterocycles. The van der Waals surface area contributed by atoms with Crippen LogP contribution in [-0.2, 0) is 0 Å². The molecule has 0 fully saturated rings. The molecule has 0 spiro atoms. The molecular formula is C32H24N4S. The van der Waals surface area contributed by atoms with E-state index in [9.17, 15) is 0 Å². The maximum absolute atomic E-state index is 5.06. The van der Waals surface area contributed by atoms with Crippen LogP contribution in [-0.4, -0.2) is 11.7 Å². The topological polar surface area (TPSA) is 48.8 Å². The zero-order chi connectivity index (χ0) is 24.6. The Bertz CT molecular complexity index is 1590. The summed E-state index contributed by atoms with van der Waals surface area (Å²) in [4.78, 5) is 11.4. The van der Waals surface area contributed by atoms with Crippen LogP contribution in [0.1, 0.15) is 33.8 Å². The van der Waals surface area contributed by atoms with E-state index in [-0.39, 0.29) is 11.5 Å². The zero-order valence-electron chi connectivity index (χ0n) is 20.0. The second-order valence-electron chi connectivity index (χ2n) is 9.16. The van der Waals surface area contributed by atoms with Crippen molar-refractivity contribution in [2.75, 3.05) is 5.32 Å². The quantitative estimate of drug-likeness (QED) is 0.270. The molecule has 2 N–H and O–H groups in total. The maximum atomic E-state index is 5.06. The summed E-state index contributed by atoms with van der Waals surface area (Å²) in [6.45, 7) is 0. The van der Waals surface area contributed by atoms with Crippen molar-refractivity contribution in [1.29, 1.82) is 0 Å². The van der Waals surface area contributed by atoms with Crippen LogP contribution < -0.4 is 10.6 Å². The Labute approximate surface area is 220 Å². The van der Waals surface area contributed by atoms with Crippen LogP contribution in [0, 0.1) is 0 Å². The Morgan fingerprint density at radius 2 is 1.19 bits per heavy atom. The smallest absolute Gasteiger partial charge is 0.169 e. The number of nitrogens with one attached hydrogen (secondary N) is 2. The molecule has 0 bridgehead atoms. The largest absolute Gasteiger partial charge is 0.368 e. The van der Waals surface area contributed by atoms with Gasteiger partial charge < -0.3 is 10.6 Å². The van der Waals surface area contributed by atoms with Gasteiger partial charge in [-0.25, -0.2) is 9.98 Å². The SMILES string of the molecule is c1ccc(C2=NC(c3ccc4ccc5c(c4c3)SC(c3ccccc3)N5)N=C(c3ccccc3)N2)cc1. The molecule has 2 aliphatic heterocycles. The van der Waals surface area contributed by atoms with Gasteiger partial charge in [-0.3, -0.25) is 0 Å². The van der Waals surface area contributed by atoms with Gasteiger partial charge in [0.15, 0.2) is 6.17 Å². The predicted molar refractivity (Wildman–Crippen MR) is 154 cm³/mol. The molecule has 1 unspecified atom stereocenters. The highest BCUT2D eigenvalue weighted by Crippen LogP contribution is 2.50. The van der Waals surface area contributed by atoms with Gasteiger partial charge >= 0.3 is 0 Å². The number of anilines is 1. The van der Waals surface area contributed by atoms with E-state index in [1.54, 1.807) is 0 Å². The number of nitrogens with zero attached hydrogens (tertiary/aromatic N) is 2. The van der Waals surface area contributed by atoms with Crippen LogP contribution in [0.4, 0.5) is 5.69 Å². The molecule has 0 amide bonds. The Morgan fingerprint density at radius 3 is 1.84 bits per heavy atom. The number of thioether (sulfide) groups is 1. The lowest BCUT2D eigenvalue weighted by atomic mass is 10.0. The summed E-state index contributed by atoms with van der Waals surface area (Å²) >= 11 is 1.87. The summed E-state index contributed by atoms with van der Waals surface area (Å²) in [6, 6.07) is 42.1. The Morgan fingerprint density at radius 1 is 0.595 bits per heavy atom. The third-order valence-electron chi connectivity index (χ3n) is 6.75. The zero-order valence-corrected chi connectivity index (χ0v) is 20.8. The molecular weight excluding hydrogens is 472 g/mol. The molecule has 2 aliphatic rings. The minimum atomic E-state index is -0.337. The van der Waals surface area contributed by atoms with Gasteiger partial charge in [-0.2, -0.15) is 0 Å². The van der Waals surface area contributed by atoms with Crippen LogP contribution in [0.25, 0.3) is 10.8 Å². The fraction of sp³-hybridized carbons (Fsp3) is 0.0625. The second kappa shape index (κ2) is 9.26. The highest BCUT2D eigenvalue weighted by molar-refractivity contribution is 8.00. The highest BCUT2D eigenvalue weighted by Gasteiger charge is 2.26. The van der Waals surface area contributed by atoms with Crippen LogP contribution in [0.2, 0.25) is 0 Å². The lowest BCUT2D eigenvalue weighted by Crippen LogP contribution is -2.35. The van der Waals surface area contributed by atoms with Gasteiger partial charge in [-0.1, -0.05) is 121 Å². The van der Waals surface area contributed by atoms with Gasteiger partial charge in [0.25, 0.3) is 0 Å². The van der Waals surface area contributed by atoms with E-state index in [1.165, 1.54) is 26.9 Å². The first kappa shape index (κ1) is 21.9. The molecule has 4 nitrogen and oxygen atoms in total. The number of fused-ring (bicyclic) bond motifs is 3. The van der Waals surface area contributed by atoms with E-state index >= 15 is 0 Å². The van der Waals surface area contributed by atoms with Crippen LogP contribution in [0.5, 0.6) is 0 Å². The molecule has 1 atom stereocenters. The predicted octanol–water partition coefficient (Wildman–Crippen LogP) is 7.55. The van der Waals surface area contributed by atoms with Gasteiger partial charge in [-0.05, 0) is 34.0 Å². The standard InChI is InChI=1S/C32H24N4S/c1-4-10-22(11-5-1)29-34-30(23-12-6-2-7-13-23)36-31(35-29)25-17-16-21-18-19-27-28(26(21)20-25)37-32(33-27)24-14-8-3-9-15-24/h1-20,31-33H,(H,34,35,36). The number of benzene rings is 5. The van der Waals surface area contributed by atoms with Crippen molar-refractivity contribution in [3.8, 4) is 0 Å². The fourth-order valence-electron chi connectivity index (χ4n) is 4.86. The number of aliphatic imine (C=N–C) groups is 2. The van der Waals surface area contributed by atoms with Crippen LogP contribution in [0.15, 0.2) is 136 Å². The number of hydrogen-bond acceptors (Lipinski definition) is 5. The molecule has 0 aliphatic carbocycles. The van der Waals surface area contributed by atoms with E-state index in [4.69, 9.17) is 9.98 Å². The monoisotopic (exact) mass is 496 g/mol. The van der Waals surface area contributed by atoms with Gasteiger partial charge in [0.1, 0.15) is 17.0 Å². The third kappa shape index (κ3) is 4.17. The lowest BCUT2D eigenvalue weighted by Gasteiger charge is -2.22. The molecule has 7 rings (SSSR count). The van der Waals surface area contributed by atoms with Gasteiger partial charge in [0.05, 0.1) is 0 Å². The lowest BCUT2D eigenvalue weighted by molar-refractivity contribution is 0.757. The summed E-state index contributed by atoms with van der Waals surface area (Å²) in [7, 11) is 0. The molecule has 5 aromatic carbocycles. The molecule has 5 heteroatoms. The Kier molecular flexibility index (Phi) is 5.48. The minimum absolute atomic E-state index is 0.203. The van der Waals surface area contributed by atoms with E-state index in [1.807, 2.05) is 48.2 Å². The average molecular weight is 497 g/mol. The third-order valence-corrected chi connectivity index (χ3v) is 8.05. The fourth-order valence-corrected chi connectivity index (χ4v) is 6.14. The second-order valence-corrected chi connectivity index (χ2v) is 10.3. The van der Waals surface area contributed by atoms with E-state index in [0.29, 0.717) is 0 Å². The molecule has 37 heavy (non-hydrogen) atoms. The van der Waals surface area contributed by atoms with Crippen molar-refractivity contribution >= 4 is 39.9 Å². The summed E-state index contributed by atoms with van der Waals surface area (Å²) < 4.78 is 0. The van der Waals surface area contributed by atoms with Crippen molar-refractivity contribution in [1.82, 2.24) is 5.32 Å². The normalized spacial score (nSPS) is 16.9. The summed E-state index contributed by atoms with van der Waals surface area (Å²) in [6.07, 6.45) is -0.337. The number of amidine groups is 2. The number of hydrogen-bond donors (Lipinski definition) is 2. The van der Waals surface area contributed by atoms with Crippen LogP contribution in [0.3, 0.4) is 0 Å². The Hall–Kier alpha value is -4.35. The van der Waals surface area contributed by atoms with E-state index in [0.717, 1.165) is 28.4 Å². The van der Waals surface area contributed by atoms with Crippen LogP contribution >= 0.6 is 11.8 Å². The highest BCUT2D eigenvalue weighted by atomic mass is 32.2. The number of rotatable bonds is 4. The minimum Gasteiger partial charge on any atom is -0.368 e.